The highest BCUT2D eigenvalue weighted by Crippen LogP contribution is 2.33. The van der Waals surface area contributed by atoms with Gasteiger partial charge in [-0.05, 0) is 79.4 Å². The molecule has 0 bridgehead atoms. The highest BCUT2D eigenvalue weighted by atomic mass is 32.2. The van der Waals surface area contributed by atoms with Crippen molar-refractivity contribution >= 4 is 27.3 Å². The van der Waals surface area contributed by atoms with Gasteiger partial charge in [0.15, 0.2) is 6.61 Å². The van der Waals surface area contributed by atoms with Crippen LogP contribution in [0.2, 0.25) is 0 Å². The molecular formula is C24H23FN2O4S. The highest BCUT2D eigenvalue weighted by molar-refractivity contribution is 7.92. The van der Waals surface area contributed by atoms with Crippen LogP contribution in [0.1, 0.15) is 17.5 Å². The molecule has 0 saturated carbocycles. The minimum Gasteiger partial charge on any atom is -0.483 e. The molecule has 0 fully saturated rings. The van der Waals surface area contributed by atoms with Gasteiger partial charge in [-0.2, -0.15) is 0 Å². The van der Waals surface area contributed by atoms with E-state index in [2.05, 4.69) is 5.32 Å². The molecule has 0 unspecified atom stereocenters. The Labute approximate surface area is 186 Å². The number of ether oxygens (including phenoxy) is 1. The number of rotatable bonds is 6. The van der Waals surface area contributed by atoms with E-state index in [1.165, 1.54) is 16.4 Å². The summed E-state index contributed by atoms with van der Waals surface area (Å²) in [5, 5.41) is 2.80. The average Bonchev–Trinajstić information content (AvgIpc) is 2.78. The second-order valence-electron chi connectivity index (χ2n) is 7.58. The zero-order chi connectivity index (χ0) is 22.7. The molecule has 6 nitrogen and oxygen atoms in total. The van der Waals surface area contributed by atoms with Crippen LogP contribution in [-0.2, 0) is 21.2 Å². The third-order valence-electron chi connectivity index (χ3n) is 5.29. The molecule has 32 heavy (non-hydrogen) atoms. The van der Waals surface area contributed by atoms with E-state index in [1.807, 2.05) is 25.1 Å². The number of aryl methyl sites for hydroxylation is 2. The van der Waals surface area contributed by atoms with E-state index in [1.54, 1.807) is 24.3 Å². The molecule has 0 saturated heterocycles. The van der Waals surface area contributed by atoms with Gasteiger partial charge in [-0.1, -0.05) is 18.2 Å². The van der Waals surface area contributed by atoms with Crippen molar-refractivity contribution in [1.82, 2.24) is 0 Å². The fourth-order valence-corrected chi connectivity index (χ4v) is 5.22. The Kier molecular flexibility index (Phi) is 6.14. The number of fused-ring (bicyclic) bond motifs is 1. The van der Waals surface area contributed by atoms with Crippen molar-refractivity contribution in [3.63, 3.8) is 0 Å². The van der Waals surface area contributed by atoms with Crippen LogP contribution in [0.15, 0.2) is 71.6 Å². The van der Waals surface area contributed by atoms with Crippen LogP contribution in [0.5, 0.6) is 5.75 Å². The second kappa shape index (κ2) is 9.00. The summed E-state index contributed by atoms with van der Waals surface area (Å²) in [6.45, 7) is 2.11. The topological polar surface area (TPSA) is 75.7 Å². The molecule has 0 atom stereocenters. The van der Waals surface area contributed by atoms with Gasteiger partial charge in [0.25, 0.3) is 15.9 Å². The Morgan fingerprint density at radius 2 is 1.84 bits per heavy atom. The summed E-state index contributed by atoms with van der Waals surface area (Å²) < 4.78 is 46.3. The lowest BCUT2D eigenvalue weighted by atomic mass is 10.0. The number of amides is 1. The van der Waals surface area contributed by atoms with Gasteiger partial charge in [0.2, 0.25) is 0 Å². The van der Waals surface area contributed by atoms with E-state index in [9.17, 15) is 17.6 Å². The molecule has 3 aromatic carbocycles. The fourth-order valence-electron chi connectivity index (χ4n) is 3.68. The summed E-state index contributed by atoms with van der Waals surface area (Å²) in [5.74, 6) is -0.149. The van der Waals surface area contributed by atoms with Crippen LogP contribution >= 0.6 is 0 Å². The van der Waals surface area contributed by atoms with Crippen molar-refractivity contribution in [2.24, 2.45) is 0 Å². The van der Waals surface area contributed by atoms with Crippen LogP contribution in [0, 0.1) is 12.7 Å². The van der Waals surface area contributed by atoms with Crippen molar-refractivity contribution in [2.45, 2.75) is 24.7 Å². The predicted octanol–water partition coefficient (Wildman–Crippen LogP) is 4.29. The Bertz CT molecular complexity index is 1240. The first-order valence-corrected chi connectivity index (χ1v) is 11.7. The second-order valence-corrected chi connectivity index (χ2v) is 9.44. The Hall–Kier alpha value is -3.39. The SMILES string of the molecule is Cc1ccccc1OCC(=O)Nc1ccc2c(c1)CCCN2S(=O)(=O)c1ccc(F)cc1. The number of para-hydroxylation sites is 1. The predicted molar refractivity (Wildman–Crippen MR) is 121 cm³/mol. The van der Waals surface area contributed by atoms with E-state index >= 15 is 0 Å². The summed E-state index contributed by atoms with van der Waals surface area (Å²) in [7, 11) is -3.81. The number of benzene rings is 3. The molecular weight excluding hydrogens is 431 g/mol. The molecule has 0 spiro atoms. The first-order chi connectivity index (χ1) is 15.3. The summed E-state index contributed by atoms with van der Waals surface area (Å²) >= 11 is 0. The molecule has 1 N–H and O–H groups in total. The van der Waals surface area contributed by atoms with E-state index in [0.717, 1.165) is 23.3 Å². The minimum atomic E-state index is -3.81. The number of hydrogen-bond acceptors (Lipinski definition) is 4. The van der Waals surface area contributed by atoms with Crippen LogP contribution in [0.3, 0.4) is 0 Å². The third-order valence-corrected chi connectivity index (χ3v) is 7.12. The molecule has 8 heteroatoms. The first-order valence-electron chi connectivity index (χ1n) is 10.2. The van der Waals surface area contributed by atoms with Crippen LogP contribution < -0.4 is 14.4 Å². The summed E-state index contributed by atoms with van der Waals surface area (Å²) in [5.41, 5.74) is 2.90. The normalized spacial score (nSPS) is 13.4. The zero-order valence-corrected chi connectivity index (χ0v) is 18.4. The van der Waals surface area contributed by atoms with Gasteiger partial charge in [-0.25, -0.2) is 12.8 Å². The van der Waals surface area contributed by atoms with Crippen LogP contribution in [0.25, 0.3) is 0 Å². The van der Waals surface area contributed by atoms with Gasteiger partial charge in [0, 0.05) is 12.2 Å². The van der Waals surface area contributed by atoms with Crippen molar-refractivity contribution < 1.29 is 22.3 Å². The van der Waals surface area contributed by atoms with Gasteiger partial charge in [-0.15, -0.1) is 0 Å². The highest BCUT2D eigenvalue weighted by Gasteiger charge is 2.29. The first kappa shape index (κ1) is 21.8. The van der Waals surface area contributed by atoms with Gasteiger partial charge >= 0.3 is 0 Å². The maximum Gasteiger partial charge on any atom is 0.264 e. The van der Waals surface area contributed by atoms with Crippen molar-refractivity contribution in [2.75, 3.05) is 22.8 Å². The molecule has 3 aromatic rings. The molecule has 1 aliphatic rings. The summed E-state index contributed by atoms with van der Waals surface area (Å²) in [6.07, 6.45) is 1.33. The van der Waals surface area contributed by atoms with E-state index < -0.39 is 15.8 Å². The molecule has 0 aliphatic carbocycles. The molecule has 166 valence electrons. The number of hydrogen-bond donors (Lipinski definition) is 1. The number of sulfonamides is 1. The number of nitrogens with one attached hydrogen (secondary N) is 1. The van der Waals surface area contributed by atoms with Crippen molar-refractivity contribution in [1.29, 1.82) is 0 Å². The third kappa shape index (κ3) is 4.60. The quantitative estimate of drug-likeness (QED) is 0.603. The number of anilines is 2. The summed E-state index contributed by atoms with van der Waals surface area (Å²) in [6, 6.07) is 17.4. The molecule has 1 amide bonds. The largest absolute Gasteiger partial charge is 0.483 e. The lowest BCUT2D eigenvalue weighted by Crippen LogP contribution is -2.35. The van der Waals surface area contributed by atoms with Gasteiger partial charge in [0.1, 0.15) is 11.6 Å². The van der Waals surface area contributed by atoms with Crippen molar-refractivity contribution in [3.8, 4) is 5.75 Å². The number of carbonyl (C=O) groups is 1. The van der Waals surface area contributed by atoms with Crippen LogP contribution in [0.4, 0.5) is 15.8 Å². The molecule has 1 heterocycles. The van der Waals surface area contributed by atoms with E-state index in [-0.39, 0.29) is 17.4 Å². The zero-order valence-electron chi connectivity index (χ0n) is 17.5. The Balaban J connectivity index is 1.49. The van der Waals surface area contributed by atoms with Gasteiger partial charge in [-0.3, -0.25) is 9.10 Å². The lowest BCUT2D eigenvalue weighted by molar-refractivity contribution is -0.118. The fraction of sp³-hybridized carbons (Fsp3) is 0.208. The maximum absolute atomic E-state index is 13.2. The van der Waals surface area contributed by atoms with E-state index in [4.69, 9.17) is 4.74 Å². The van der Waals surface area contributed by atoms with Gasteiger partial charge in [0.05, 0.1) is 10.6 Å². The molecule has 4 rings (SSSR count). The number of halogens is 1. The van der Waals surface area contributed by atoms with Crippen molar-refractivity contribution in [3.05, 3.63) is 83.7 Å². The average molecular weight is 455 g/mol. The number of carbonyl (C=O) groups excluding carboxylic acids is 1. The number of nitrogens with zero attached hydrogens (tertiary/aromatic N) is 1. The Morgan fingerprint density at radius 3 is 2.59 bits per heavy atom. The van der Waals surface area contributed by atoms with Crippen LogP contribution in [-0.4, -0.2) is 27.5 Å². The smallest absolute Gasteiger partial charge is 0.264 e. The maximum atomic E-state index is 13.2. The molecule has 0 aromatic heterocycles. The lowest BCUT2D eigenvalue weighted by Gasteiger charge is -2.31. The van der Waals surface area contributed by atoms with Gasteiger partial charge < -0.3 is 10.1 Å². The van der Waals surface area contributed by atoms with E-state index in [0.29, 0.717) is 36.5 Å². The Morgan fingerprint density at radius 1 is 1.09 bits per heavy atom. The molecule has 0 radical (unpaired) electrons. The monoisotopic (exact) mass is 454 g/mol. The standard InChI is InChI=1S/C24H23FN2O4S/c1-17-5-2-3-7-23(17)31-16-24(28)26-20-10-13-22-18(15-20)6-4-14-27(22)32(29,30)21-11-8-19(25)9-12-21/h2-3,5,7-13,15H,4,6,14,16H2,1H3,(H,26,28). The molecule has 1 aliphatic heterocycles. The summed E-state index contributed by atoms with van der Waals surface area (Å²) in [4.78, 5) is 12.4. The minimum absolute atomic E-state index is 0.0393.